The van der Waals surface area contributed by atoms with E-state index in [4.69, 9.17) is 13.5 Å². The third kappa shape index (κ3) is 4.38. The second kappa shape index (κ2) is 6.40. The summed E-state index contributed by atoms with van der Waals surface area (Å²) in [4.78, 5) is 0. The Bertz CT molecular complexity index is 340. The van der Waals surface area contributed by atoms with Gasteiger partial charge in [0.15, 0.2) is 0 Å². The Morgan fingerprint density at radius 2 is 1.57 bits per heavy atom. The van der Waals surface area contributed by atoms with Gasteiger partial charge in [0.1, 0.15) is 5.60 Å². The van der Waals surface area contributed by atoms with Crippen molar-refractivity contribution in [3.63, 3.8) is 0 Å². The van der Waals surface area contributed by atoms with Gasteiger partial charge in [-0.15, -0.1) is 0 Å². The highest BCUT2D eigenvalue weighted by atomic mass is 32.2. The molecule has 124 valence electrons. The van der Waals surface area contributed by atoms with E-state index in [1.807, 2.05) is 48.5 Å². The van der Waals surface area contributed by atoms with Gasteiger partial charge in [-0.3, -0.25) is 0 Å². The lowest BCUT2D eigenvalue weighted by Gasteiger charge is -2.39. The summed E-state index contributed by atoms with van der Waals surface area (Å²) in [5.41, 5.74) is -2.32. The number of unbranched alkanes of at least 4 members (excludes halogenated alkanes) is 1. The molecule has 6 heteroatoms. The molecule has 1 aliphatic rings. The molecule has 0 aromatic heterocycles. The molecule has 1 N–H and O–H groups in total. The number of hydrogen-bond acceptors (Lipinski definition) is 5. The summed E-state index contributed by atoms with van der Waals surface area (Å²) in [7, 11) is 0. The van der Waals surface area contributed by atoms with Gasteiger partial charge in [-0.05, 0) is 54.9 Å². The molecule has 0 amide bonds. The van der Waals surface area contributed by atoms with Gasteiger partial charge in [-0.25, -0.2) is 0 Å². The van der Waals surface area contributed by atoms with Crippen molar-refractivity contribution in [2.45, 2.75) is 97.1 Å². The summed E-state index contributed by atoms with van der Waals surface area (Å²) in [6.45, 7) is 15.8. The van der Waals surface area contributed by atoms with Gasteiger partial charge in [-0.1, -0.05) is 19.8 Å². The van der Waals surface area contributed by atoms with Gasteiger partial charge in [0, 0.05) is 11.9 Å². The molecule has 0 spiro atoms. The van der Waals surface area contributed by atoms with E-state index in [1.165, 1.54) is 0 Å². The van der Waals surface area contributed by atoms with Crippen molar-refractivity contribution < 1.29 is 18.6 Å². The van der Waals surface area contributed by atoms with E-state index in [2.05, 4.69) is 6.92 Å². The highest BCUT2D eigenvalue weighted by Crippen LogP contribution is 2.42. The molecule has 1 aliphatic heterocycles. The van der Waals surface area contributed by atoms with Crippen molar-refractivity contribution in [2.75, 3.05) is 0 Å². The Balaban J connectivity index is 2.59. The van der Waals surface area contributed by atoms with Crippen LogP contribution in [0.25, 0.3) is 0 Å². The van der Waals surface area contributed by atoms with Crippen LogP contribution in [0.2, 0.25) is 0 Å². The van der Waals surface area contributed by atoms with Crippen LogP contribution in [0, 0.1) is 0 Å². The lowest BCUT2D eigenvalue weighted by Crippen LogP contribution is -2.49. The van der Waals surface area contributed by atoms with Gasteiger partial charge in [0.25, 0.3) is 0 Å². The Kier molecular flexibility index (Phi) is 5.88. The first kappa shape index (κ1) is 19.3. The SMILES string of the molecule is CCCCC(C)(O)C(C)(C)OSB1OC(C)(C)C(C)(C)O1. The van der Waals surface area contributed by atoms with Crippen LogP contribution in [0.5, 0.6) is 0 Å². The molecule has 0 radical (unpaired) electrons. The molecule has 0 saturated carbocycles. The largest absolute Gasteiger partial charge is 0.560 e. The van der Waals surface area contributed by atoms with Crippen molar-refractivity contribution in [3.8, 4) is 0 Å². The van der Waals surface area contributed by atoms with E-state index in [0.717, 1.165) is 24.7 Å². The number of rotatable bonds is 7. The zero-order chi connectivity index (χ0) is 16.5. The lowest BCUT2D eigenvalue weighted by atomic mass is 9.83. The van der Waals surface area contributed by atoms with Crippen LogP contribution in [-0.4, -0.2) is 33.9 Å². The molecule has 1 atom stereocenters. The van der Waals surface area contributed by atoms with Gasteiger partial charge in [-0.2, -0.15) is 0 Å². The van der Waals surface area contributed by atoms with Gasteiger partial charge >= 0.3 is 6.40 Å². The molecule has 1 saturated heterocycles. The first-order valence-electron chi connectivity index (χ1n) is 7.77. The topological polar surface area (TPSA) is 47.9 Å². The van der Waals surface area contributed by atoms with Crippen LogP contribution < -0.4 is 0 Å². The smallest absolute Gasteiger partial charge is 0.393 e. The van der Waals surface area contributed by atoms with E-state index in [-0.39, 0.29) is 11.2 Å². The molecule has 0 bridgehead atoms. The van der Waals surface area contributed by atoms with Crippen molar-refractivity contribution in [3.05, 3.63) is 0 Å². The number of hydrogen-bond donors (Lipinski definition) is 1. The summed E-state index contributed by atoms with van der Waals surface area (Å²) >= 11 is 1.15. The molecular formula is C15H31BO4S. The van der Waals surface area contributed by atoms with Crippen molar-refractivity contribution in [2.24, 2.45) is 0 Å². The maximum absolute atomic E-state index is 10.6. The molecule has 1 heterocycles. The second-order valence-corrected chi connectivity index (χ2v) is 8.36. The van der Waals surface area contributed by atoms with Gasteiger partial charge < -0.3 is 18.6 Å². The highest BCUT2D eigenvalue weighted by Gasteiger charge is 2.53. The third-order valence-corrected chi connectivity index (χ3v) is 5.74. The Hall–Kier alpha value is 0.255. The normalized spacial score (nSPS) is 24.1. The molecular weight excluding hydrogens is 287 g/mol. The van der Waals surface area contributed by atoms with Crippen LogP contribution >= 0.6 is 11.9 Å². The molecule has 4 nitrogen and oxygen atoms in total. The van der Waals surface area contributed by atoms with E-state index >= 15 is 0 Å². The molecule has 0 aromatic rings. The van der Waals surface area contributed by atoms with Crippen molar-refractivity contribution in [1.29, 1.82) is 0 Å². The Morgan fingerprint density at radius 1 is 1.10 bits per heavy atom. The minimum Gasteiger partial charge on any atom is -0.393 e. The second-order valence-electron chi connectivity index (χ2n) is 7.61. The molecule has 21 heavy (non-hydrogen) atoms. The molecule has 1 rings (SSSR count). The van der Waals surface area contributed by atoms with E-state index < -0.39 is 17.6 Å². The summed E-state index contributed by atoms with van der Waals surface area (Å²) < 4.78 is 17.7. The van der Waals surface area contributed by atoms with Gasteiger partial charge in [0.05, 0.1) is 16.8 Å². The summed E-state index contributed by atoms with van der Waals surface area (Å²) in [6, 6.07) is 0. The minimum absolute atomic E-state index is 0.372. The predicted octanol–water partition coefficient (Wildman–Crippen LogP) is 3.96. The third-order valence-electron chi connectivity index (χ3n) is 4.88. The van der Waals surface area contributed by atoms with Crippen molar-refractivity contribution >= 4 is 18.3 Å². The number of aliphatic hydroxyl groups is 1. The maximum atomic E-state index is 10.6. The fourth-order valence-corrected chi connectivity index (χ4v) is 2.96. The van der Waals surface area contributed by atoms with Crippen LogP contribution in [-0.2, 0) is 13.5 Å². The molecule has 0 aromatic carbocycles. The molecule has 1 fully saturated rings. The van der Waals surface area contributed by atoms with Gasteiger partial charge in [0.2, 0.25) is 0 Å². The average molecular weight is 318 g/mol. The Morgan fingerprint density at radius 3 is 2.00 bits per heavy atom. The average Bonchev–Trinajstić information content (AvgIpc) is 2.53. The van der Waals surface area contributed by atoms with Crippen LogP contribution in [0.4, 0.5) is 0 Å². The van der Waals surface area contributed by atoms with E-state index in [1.54, 1.807) is 0 Å². The van der Waals surface area contributed by atoms with E-state index in [0.29, 0.717) is 6.42 Å². The van der Waals surface area contributed by atoms with E-state index in [9.17, 15) is 5.11 Å². The summed E-state index contributed by atoms with van der Waals surface area (Å²) in [6.07, 6.45) is 2.26. The first-order valence-corrected chi connectivity index (χ1v) is 8.58. The molecule has 1 unspecified atom stereocenters. The Labute approximate surface area is 134 Å². The quantitative estimate of drug-likeness (QED) is 0.569. The summed E-state index contributed by atoms with van der Waals surface area (Å²) in [5, 5.41) is 10.6. The standard InChI is InChI=1S/C15H31BO4S/c1-9-10-11-15(8,17)14(6,7)20-21-16-18-12(2,3)13(4,5)19-16/h17H,9-11H2,1-8H3. The highest BCUT2D eigenvalue weighted by molar-refractivity contribution is 8.20. The zero-order valence-electron chi connectivity index (χ0n) is 14.8. The molecule has 0 aliphatic carbocycles. The van der Waals surface area contributed by atoms with Crippen LogP contribution in [0.15, 0.2) is 0 Å². The maximum Gasteiger partial charge on any atom is 0.560 e. The van der Waals surface area contributed by atoms with Crippen molar-refractivity contribution in [1.82, 2.24) is 0 Å². The monoisotopic (exact) mass is 318 g/mol. The van der Waals surface area contributed by atoms with Crippen LogP contribution in [0.1, 0.15) is 74.7 Å². The fourth-order valence-electron chi connectivity index (χ4n) is 1.90. The summed E-state index contributed by atoms with van der Waals surface area (Å²) in [5.74, 6) is 0. The fraction of sp³-hybridized carbons (Fsp3) is 1.00. The first-order chi connectivity index (χ1) is 9.35. The predicted molar refractivity (Wildman–Crippen MR) is 89.0 cm³/mol. The zero-order valence-corrected chi connectivity index (χ0v) is 15.6. The van der Waals surface area contributed by atoms with Crippen LogP contribution in [0.3, 0.4) is 0 Å². The minimum atomic E-state index is -0.889. The lowest BCUT2D eigenvalue weighted by molar-refractivity contribution is -0.0999.